The van der Waals surface area contributed by atoms with Crippen molar-refractivity contribution >= 4 is 21.8 Å². The summed E-state index contributed by atoms with van der Waals surface area (Å²) in [6.07, 6.45) is 0. The maximum atomic E-state index is 14.0. The van der Waals surface area contributed by atoms with Crippen molar-refractivity contribution in [2.24, 2.45) is 5.92 Å². The maximum Gasteiger partial charge on any atom is 0.254 e. The van der Waals surface area contributed by atoms with Gasteiger partial charge in [-0.15, -0.1) is 0 Å². The number of amides is 2. The molecule has 1 aliphatic heterocycles. The van der Waals surface area contributed by atoms with E-state index in [9.17, 15) is 27.7 Å². The first kappa shape index (κ1) is 24.4. The monoisotopic (exact) mass is 472 g/mol. The molecule has 1 fully saturated rings. The van der Waals surface area contributed by atoms with Crippen molar-refractivity contribution in [1.82, 2.24) is 14.5 Å². The van der Waals surface area contributed by atoms with Gasteiger partial charge in [-0.2, -0.15) is 9.57 Å². The maximum absolute atomic E-state index is 14.0. The molecule has 33 heavy (non-hydrogen) atoms. The van der Waals surface area contributed by atoms with Crippen molar-refractivity contribution < 1.29 is 22.4 Å². The van der Waals surface area contributed by atoms with Gasteiger partial charge < -0.3 is 10.2 Å². The molecular formula is C23H25FN4O4S. The fourth-order valence-electron chi connectivity index (χ4n) is 3.65. The molecule has 0 aromatic heterocycles. The molecule has 2 aromatic rings. The smallest absolute Gasteiger partial charge is 0.254 e. The van der Waals surface area contributed by atoms with Gasteiger partial charge in [0.25, 0.3) is 5.91 Å². The van der Waals surface area contributed by atoms with Crippen molar-refractivity contribution in [2.45, 2.75) is 24.8 Å². The highest BCUT2D eigenvalue weighted by molar-refractivity contribution is 7.89. The lowest BCUT2D eigenvalue weighted by molar-refractivity contribution is -0.135. The highest BCUT2D eigenvalue weighted by Crippen LogP contribution is 2.21. The van der Waals surface area contributed by atoms with Gasteiger partial charge in [-0.1, -0.05) is 38.1 Å². The Kier molecular flexibility index (Phi) is 7.46. The Morgan fingerprint density at radius 3 is 2.24 bits per heavy atom. The van der Waals surface area contributed by atoms with Crippen molar-refractivity contribution in [2.75, 3.05) is 26.2 Å². The zero-order chi connectivity index (χ0) is 24.2. The van der Waals surface area contributed by atoms with Gasteiger partial charge in [-0.05, 0) is 30.2 Å². The van der Waals surface area contributed by atoms with E-state index in [0.29, 0.717) is 0 Å². The Morgan fingerprint density at radius 2 is 1.64 bits per heavy atom. The summed E-state index contributed by atoms with van der Waals surface area (Å²) in [6.45, 7) is 3.91. The summed E-state index contributed by atoms with van der Waals surface area (Å²) in [7, 11) is -3.89. The predicted octanol–water partition coefficient (Wildman–Crippen LogP) is 1.98. The molecule has 2 aromatic carbocycles. The van der Waals surface area contributed by atoms with Crippen LogP contribution in [-0.2, 0) is 14.8 Å². The van der Waals surface area contributed by atoms with E-state index in [0.717, 1.165) is 0 Å². The predicted molar refractivity (Wildman–Crippen MR) is 119 cm³/mol. The molecule has 174 valence electrons. The molecule has 1 N–H and O–H groups in total. The summed E-state index contributed by atoms with van der Waals surface area (Å²) in [5.74, 6) is -1.99. The van der Waals surface area contributed by atoms with E-state index in [2.05, 4.69) is 5.32 Å². The van der Waals surface area contributed by atoms with Crippen LogP contribution in [-0.4, -0.2) is 61.7 Å². The van der Waals surface area contributed by atoms with Gasteiger partial charge in [0.15, 0.2) is 0 Å². The third-order valence-electron chi connectivity index (χ3n) is 5.51. The first-order valence-electron chi connectivity index (χ1n) is 10.5. The van der Waals surface area contributed by atoms with Crippen LogP contribution in [0.3, 0.4) is 0 Å². The van der Waals surface area contributed by atoms with Gasteiger partial charge in [-0.25, -0.2) is 12.8 Å². The minimum Gasteiger partial charge on any atom is -0.340 e. The Labute approximate surface area is 192 Å². The van der Waals surface area contributed by atoms with Crippen LogP contribution in [0.15, 0.2) is 53.4 Å². The van der Waals surface area contributed by atoms with Crippen LogP contribution in [0.4, 0.5) is 4.39 Å². The van der Waals surface area contributed by atoms with Gasteiger partial charge in [-0.3, -0.25) is 9.59 Å². The molecule has 1 aliphatic rings. The molecular weight excluding hydrogens is 447 g/mol. The lowest BCUT2D eigenvalue weighted by atomic mass is 10.0. The molecule has 0 saturated carbocycles. The highest BCUT2D eigenvalue weighted by Gasteiger charge is 2.35. The van der Waals surface area contributed by atoms with Gasteiger partial charge in [0.1, 0.15) is 17.9 Å². The zero-order valence-electron chi connectivity index (χ0n) is 18.4. The average molecular weight is 473 g/mol. The number of rotatable bonds is 6. The number of nitrogens with one attached hydrogen (secondary N) is 1. The number of carbonyl (C=O) groups excluding carboxylic acids is 2. The lowest BCUT2D eigenvalue weighted by Gasteiger charge is -2.36. The summed E-state index contributed by atoms with van der Waals surface area (Å²) < 4.78 is 41.2. The van der Waals surface area contributed by atoms with E-state index in [1.165, 1.54) is 45.6 Å². The Bertz CT molecular complexity index is 1180. The number of benzene rings is 2. The second-order valence-corrected chi connectivity index (χ2v) is 9.92. The number of nitrogens with zero attached hydrogens (tertiary/aromatic N) is 3. The second kappa shape index (κ2) is 10.1. The summed E-state index contributed by atoms with van der Waals surface area (Å²) in [5.41, 5.74) is -0.0882. The topological polar surface area (TPSA) is 111 Å². The summed E-state index contributed by atoms with van der Waals surface area (Å²) >= 11 is 0. The number of hydrogen-bond donors (Lipinski definition) is 1. The van der Waals surface area contributed by atoms with Crippen molar-refractivity contribution in [3.05, 3.63) is 65.5 Å². The van der Waals surface area contributed by atoms with E-state index in [-0.39, 0.29) is 54.0 Å². The normalized spacial score (nSPS) is 15.7. The van der Waals surface area contributed by atoms with E-state index in [1.807, 2.05) is 6.07 Å². The number of carbonyl (C=O) groups is 2. The van der Waals surface area contributed by atoms with Crippen molar-refractivity contribution in [3.63, 3.8) is 0 Å². The molecule has 1 saturated heterocycles. The molecule has 8 nitrogen and oxygen atoms in total. The fourth-order valence-corrected chi connectivity index (χ4v) is 5.21. The first-order chi connectivity index (χ1) is 15.7. The molecule has 0 spiro atoms. The molecule has 0 unspecified atom stereocenters. The van der Waals surface area contributed by atoms with Gasteiger partial charge in [0, 0.05) is 26.2 Å². The summed E-state index contributed by atoms with van der Waals surface area (Å²) in [5, 5.41) is 11.9. The number of hydrogen-bond acceptors (Lipinski definition) is 5. The fraction of sp³-hybridized carbons (Fsp3) is 0.348. The summed E-state index contributed by atoms with van der Waals surface area (Å²) in [6, 6.07) is 12.5. The van der Waals surface area contributed by atoms with E-state index in [4.69, 9.17) is 0 Å². The molecule has 0 aliphatic carbocycles. The van der Waals surface area contributed by atoms with Crippen molar-refractivity contribution in [3.8, 4) is 6.07 Å². The quantitative estimate of drug-likeness (QED) is 0.691. The van der Waals surface area contributed by atoms with Crippen LogP contribution >= 0.6 is 0 Å². The third kappa shape index (κ3) is 5.21. The van der Waals surface area contributed by atoms with Crippen LogP contribution in [0, 0.1) is 23.1 Å². The Morgan fingerprint density at radius 1 is 1.03 bits per heavy atom. The molecule has 1 heterocycles. The Hall–Kier alpha value is -3.29. The van der Waals surface area contributed by atoms with Gasteiger partial charge in [0.2, 0.25) is 15.9 Å². The van der Waals surface area contributed by atoms with Crippen LogP contribution in [0.2, 0.25) is 0 Å². The molecule has 2 amide bonds. The molecule has 3 rings (SSSR count). The lowest BCUT2D eigenvalue weighted by Crippen LogP contribution is -2.57. The average Bonchev–Trinajstić information content (AvgIpc) is 2.82. The second-order valence-electron chi connectivity index (χ2n) is 8.01. The highest BCUT2D eigenvalue weighted by atomic mass is 32.2. The molecule has 1 atom stereocenters. The minimum absolute atomic E-state index is 0.0555. The molecule has 0 bridgehead atoms. The molecule has 0 radical (unpaired) electrons. The largest absolute Gasteiger partial charge is 0.340 e. The van der Waals surface area contributed by atoms with E-state index >= 15 is 0 Å². The first-order valence-corrected chi connectivity index (χ1v) is 11.9. The van der Waals surface area contributed by atoms with Crippen LogP contribution < -0.4 is 5.32 Å². The number of halogens is 1. The van der Waals surface area contributed by atoms with Crippen LogP contribution in [0.1, 0.15) is 29.8 Å². The minimum atomic E-state index is -3.89. The van der Waals surface area contributed by atoms with E-state index < -0.39 is 27.8 Å². The SMILES string of the molecule is CC(C)[C@H](NC(=O)c1ccccc1F)C(=O)N1CCN(S(=O)(=O)c2ccccc2C#N)CC1. The number of nitriles is 1. The molecule has 10 heteroatoms. The van der Waals surface area contributed by atoms with E-state index in [1.54, 1.807) is 26.0 Å². The Balaban J connectivity index is 1.70. The van der Waals surface area contributed by atoms with Gasteiger partial charge in [0.05, 0.1) is 16.0 Å². The van der Waals surface area contributed by atoms with Crippen LogP contribution in [0.5, 0.6) is 0 Å². The van der Waals surface area contributed by atoms with Gasteiger partial charge >= 0.3 is 0 Å². The standard InChI is InChI=1S/C23H25FN4O4S/c1-16(2)21(26-22(29)18-8-4-5-9-19(18)24)23(30)27-11-13-28(14-12-27)33(31,32)20-10-6-3-7-17(20)15-25/h3-10,16,21H,11-14H2,1-2H3,(H,26,29)/t21-/m0/s1. The number of sulfonamides is 1. The summed E-state index contributed by atoms with van der Waals surface area (Å²) in [4.78, 5) is 27.1. The third-order valence-corrected chi connectivity index (χ3v) is 7.47. The van der Waals surface area contributed by atoms with Crippen molar-refractivity contribution in [1.29, 1.82) is 5.26 Å². The zero-order valence-corrected chi connectivity index (χ0v) is 19.2. The van der Waals surface area contributed by atoms with Crippen LogP contribution in [0.25, 0.3) is 0 Å². The number of piperazine rings is 1.